The van der Waals surface area contributed by atoms with Crippen LogP contribution in [0, 0.1) is 5.41 Å². The number of anilines is 1. The maximum absolute atomic E-state index is 7.55. The number of thiocarbonyl (C=S) groups is 1. The molecular weight excluding hydrogens is 268 g/mol. The number of nitrogens with zero attached hydrogens (tertiary/aromatic N) is 1. The van der Waals surface area contributed by atoms with E-state index >= 15 is 0 Å². The van der Waals surface area contributed by atoms with Crippen molar-refractivity contribution < 1.29 is 0 Å². The highest BCUT2D eigenvalue weighted by molar-refractivity contribution is 7.80. The molecule has 18 heavy (non-hydrogen) atoms. The third-order valence-corrected chi connectivity index (χ3v) is 2.51. The number of hydrogen-bond acceptors (Lipinski definition) is 2. The van der Waals surface area contributed by atoms with Gasteiger partial charge in [-0.2, -0.15) is 0 Å². The Morgan fingerprint density at radius 1 is 1.33 bits per heavy atom. The first-order valence-corrected chi connectivity index (χ1v) is 6.03. The van der Waals surface area contributed by atoms with Gasteiger partial charge in [-0.15, -0.1) is 0 Å². The average molecular weight is 283 g/mol. The van der Waals surface area contributed by atoms with Crippen molar-refractivity contribution in [1.29, 1.82) is 5.41 Å². The first kappa shape index (κ1) is 14.5. The minimum Gasteiger partial charge on any atom is -0.363 e. The van der Waals surface area contributed by atoms with Crippen molar-refractivity contribution in [2.75, 3.05) is 19.4 Å². The first-order chi connectivity index (χ1) is 8.49. The highest BCUT2D eigenvalue weighted by atomic mass is 35.5. The number of likely N-dealkylation sites (N-methyl/N-ethyl adjacent to an activating group) is 1. The Morgan fingerprint density at radius 2 is 1.94 bits per heavy atom. The molecule has 3 N–H and O–H groups in total. The number of hydrogen-bond donors (Lipinski definition) is 3. The molecular formula is C12H15ClN4S. The molecule has 0 aliphatic rings. The zero-order valence-electron chi connectivity index (χ0n) is 10.2. The van der Waals surface area contributed by atoms with E-state index in [1.165, 1.54) is 0 Å². The number of amidine groups is 1. The molecule has 0 spiro atoms. The molecule has 1 aromatic carbocycles. The summed E-state index contributed by atoms with van der Waals surface area (Å²) in [6.45, 7) is 0. The lowest BCUT2D eigenvalue weighted by Gasteiger charge is -2.10. The van der Waals surface area contributed by atoms with E-state index in [1.54, 1.807) is 43.4 Å². The van der Waals surface area contributed by atoms with E-state index in [9.17, 15) is 0 Å². The average Bonchev–Trinajstić information content (AvgIpc) is 2.32. The van der Waals surface area contributed by atoms with Crippen LogP contribution >= 0.6 is 23.8 Å². The first-order valence-electron chi connectivity index (χ1n) is 5.24. The second-order valence-electron chi connectivity index (χ2n) is 3.72. The number of halogens is 1. The lowest BCUT2D eigenvalue weighted by molar-refractivity contribution is 0.622. The summed E-state index contributed by atoms with van der Waals surface area (Å²) < 4.78 is 0. The molecule has 1 rings (SSSR count). The second kappa shape index (κ2) is 6.98. The summed E-state index contributed by atoms with van der Waals surface area (Å²) in [6, 6.07) is 7.23. The fourth-order valence-corrected chi connectivity index (χ4v) is 1.36. The fraction of sp³-hybridized carbons (Fsp3) is 0.167. The topological polar surface area (TPSA) is 51.2 Å². The van der Waals surface area contributed by atoms with Gasteiger partial charge in [0.15, 0.2) is 5.11 Å². The molecule has 0 aromatic heterocycles. The van der Waals surface area contributed by atoms with Gasteiger partial charge in [0.25, 0.3) is 0 Å². The van der Waals surface area contributed by atoms with E-state index in [0.717, 1.165) is 5.69 Å². The summed E-state index contributed by atoms with van der Waals surface area (Å²) in [7, 11) is 3.61. The van der Waals surface area contributed by atoms with Crippen LogP contribution in [0.4, 0.5) is 5.69 Å². The van der Waals surface area contributed by atoms with E-state index in [-0.39, 0.29) is 0 Å². The lowest BCUT2D eigenvalue weighted by Crippen LogP contribution is -2.25. The van der Waals surface area contributed by atoms with Crippen LogP contribution in [0.3, 0.4) is 0 Å². The van der Waals surface area contributed by atoms with Gasteiger partial charge >= 0.3 is 0 Å². The van der Waals surface area contributed by atoms with E-state index in [0.29, 0.717) is 16.0 Å². The Bertz CT molecular complexity index is 454. The second-order valence-corrected chi connectivity index (χ2v) is 4.56. The number of benzene rings is 1. The van der Waals surface area contributed by atoms with Gasteiger partial charge in [0.2, 0.25) is 0 Å². The smallest absolute Gasteiger partial charge is 0.174 e. The molecule has 0 aliphatic carbocycles. The maximum atomic E-state index is 7.55. The highest BCUT2D eigenvalue weighted by Crippen LogP contribution is 2.12. The third kappa shape index (κ3) is 5.16. The molecule has 0 atom stereocenters. The highest BCUT2D eigenvalue weighted by Gasteiger charge is 1.96. The molecule has 0 fully saturated rings. The Kier molecular flexibility index (Phi) is 5.61. The molecule has 0 radical (unpaired) electrons. The van der Waals surface area contributed by atoms with Crippen LogP contribution in [-0.4, -0.2) is 29.9 Å². The van der Waals surface area contributed by atoms with E-state index in [2.05, 4.69) is 10.6 Å². The van der Waals surface area contributed by atoms with Gasteiger partial charge in [-0.25, -0.2) is 0 Å². The molecule has 96 valence electrons. The van der Waals surface area contributed by atoms with Crippen LogP contribution in [0.25, 0.3) is 0 Å². The molecule has 0 saturated heterocycles. The summed E-state index contributed by atoms with van der Waals surface area (Å²) in [6.07, 6.45) is 3.24. The minimum absolute atomic E-state index is 0.386. The van der Waals surface area contributed by atoms with Crippen molar-refractivity contribution >= 4 is 40.5 Å². The number of nitrogens with one attached hydrogen (secondary N) is 3. The van der Waals surface area contributed by atoms with Gasteiger partial charge < -0.3 is 15.5 Å². The standard InChI is InChI=1S/C12H15ClN4S/c1-17(2)11(14)7-8-15-12(18)16-10-5-3-9(13)4-6-10/h3-8,14H,1-2H3,(H2,15,16,18)/b8-7-,14-11?. The van der Waals surface area contributed by atoms with E-state index < -0.39 is 0 Å². The molecule has 1 aromatic rings. The van der Waals surface area contributed by atoms with Gasteiger partial charge in [0.1, 0.15) is 5.84 Å². The van der Waals surface area contributed by atoms with Crippen molar-refractivity contribution in [3.05, 3.63) is 41.6 Å². The Hall–Kier alpha value is -1.59. The Balaban J connectivity index is 2.43. The van der Waals surface area contributed by atoms with Crippen molar-refractivity contribution in [3.63, 3.8) is 0 Å². The molecule has 0 saturated carbocycles. The largest absolute Gasteiger partial charge is 0.363 e. The quantitative estimate of drug-likeness (QED) is 0.453. The monoisotopic (exact) mass is 282 g/mol. The predicted molar refractivity (Wildman–Crippen MR) is 81.4 cm³/mol. The zero-order chi connectivity index (χ0) is 13.5. The Morgan fingerprint density at radius 3 is 2.50 bits per heavy atom. The molecule has 0 amide bonds. The molecule has 0 heterocycles. The normalized spacial score (nSPS) is 10.2. The minimum atomic E-state index is 0.386. The van der Waals surface area contributed by atoms with Gasteiger partial charge in [-0.1, -0.05) is 11.6 Å². The fourth-order valence-electron chi connectivity index (χ4n) is 1.05. The van der Waals surface area contributed by atoms with Crippen LogP contribution in [0.1, 0.15) is 0 Å². The molecule has 4 nitrogen and oxygen atoms in total. The third-order valence-electron chi connectivity index (χ3n) is 2.04. The summed E-state index contributed by atoms with van der Waals surface area (Å²) >= 11 is 10.9. The zero-order valence-corrected chi connectivity index (χ0v) is 11.8. The van der Waals surface area contributed by atoms with Crippen molar-refractivity contribution in [3.8, 4) is 0 Å². The van der Waals surface area contributed by atoms with Gasteiger partial charge in [0.05, 0.1) is 0 Å². The van der Waals surface area contributed by atoms with Gasteiger partial charge in [-0.05, 0) is 42.6 Å². The van der Waals surface area contributed by atoms with Gasteiger partial charge in [-0.3, -0.25) is 5.41 Å². The maximum Gasteiger partial charge on any atom is 0.174 e. The lowest BCUT2D eigenvalue weighted by atomic mass is 10.3. The van der Waals surface area contributed by atoms with Crippen molar-refractivity contribution in [1.82, 2.24) is 10.2 Å². The molecule has 6 heteroatoms. The Labute approximate surface area is 117 Å². The van der Waals surface area contributed by atoms with E-state index in [4.69, 9.17) is 29.2 Å². The summed E-state index contributed by atoms with van der Waals surface area (Å²) in [5, 5.41) is 14.6. The van der Waals surface area contributed by atoms with Gasteiger partial charge in [0, 0.05) is 31.0 Å². The van der Waals surface area contributed by atoms with Crippen LogP contribution in [-0.2, 0) is 0 Å². The summed E-state index contributed by atoms with van der Waals surface area (Å²) in [5.41, 5.74) is 0.855. The van der Waals surface area contributed by atoms with E-state index in [1.807, 2.05) is 12.1 Å². The predicted octanol–water partition coefficient (Wildman–Crippen LogP) is 2.68. The van der Waals surface area contributed by atoms with Crippen LogP contribution in [0.2, 0.25) is 5.02 Å². The van der Waals surface area contributed by atoms with Crippen LogP contribution in [0.15, 0.2) is 36.5 Å². The van der Waals surface area contributed by atoms with Crippen LogP contribution in [0.5, 0.6) is 0 Å². The van der Waals surface area contributed by atoms with Crippen LogP contribution < -0.4 is 10.6 Å². The number of rotatable bonds is 3. The van der Waals surface area contributed by atoms with Crippen molar-refractivity contribution in [2.24, 2.45) is 0 Å². The SMILES string of the molecule is CN(C)C(=N)/C=C\NC(=S)Nc1ccc(Cl)cc1. The summed E-state index contributed by atoms with van der Waals surface area (Å²) in [4.78, 5) is 1.69. The molecule has 0 bridgehead atoms. The molecule has 0 aliphatic heterocycles. The summed E-state index contributed by atoms with van der Waals surface area (Å²) in [5.74, 6) is 0.386. The van der Waals surface area contributed by atoms with Crippen molar-refractivity contribution in [2.45, 2.75) is 0 Å². The molecule has 0 unspecified atom stereocenters.